The van der Waals surface area contributed by atoms with Crippen molar-refractivity contribution in [2.45, 2.75) is 18.7 Å². The molecule has 10 heteroatoms. The van der Waals surface area contributed by atoms with Crippen LogP contribution in [0.3, 0.4) is 0 Å². The summed E-state index contributed by atoms with van der Waals surface area (Å²) in [5.74, 6) is -0.00880. The maximum Gasteiger partial charge on any atom is 0.339 e. The summed E-state index contributed by atoms with van der Waals surface area (Å²) in [6.07, 6.45) is 1.35. The molecule has 0 spiro atoms. The van der Waals surface area contributed by atoms with E-state index in [9.17, 15) is 18.5 Å². The van der Waals surface area contributed by atoms with Gasteiger partial charge in [-0.3, -0.25) is 4.79 Å². The predicted octanol–water partition coefficient (Wildman–Crippen LogP) is 5.48. The van der Waals surface area contributed by atoms with E-state index in [1.807, 2.05) is 19.9 Å². The highest BCUT2D eigenvalue weighted by atomic mass is 79.9. The highest BCUT2D eigenvalue weighted by Crippen LogP contribution is 2.39. The summed E-state index contributed by atoms with van der Waals surface area (Å²) in [7, 11) is -2.78. The standard InChI is InChI=1S/C26H23BrN2O6S/c1-4-34-21-7-5-6-20(15-21)29-26(30)19(16-28)12-18-13-23(27)25(24(14-18)33-3)35-36(31,32)22-10-8-17(2)9-11-22/h5-15H,4H2,1-3H3,(H,29,30)/b19-12+. The van der Waals surface area contributed by atoms with Crippen molar-refractivity contribution in [3.63, 3.8) is 0 Å². The van der Waals surface area contributed by atoms with E-state index in [-0.39, 0.29) is 26.4 Å². The number of rotatable bonds is 9. The number of hydrogen-bond donors (Lipinski definition) is 1. The third-order valence-electron chi connectivity index (χ3n) is 4.83. The van der Waals surface area contributed by atoms with Gasteiger partial charge in [-0.2, -0.15) is 13.7 Å². The lowest BCUT2D eigenvalue weighted by atomic mass is 10.1. The molecule has 0 radical (unpaired) electrons. The van der Waals surface area contributed by atoms with Crippen molar-refractivity contribution in [2.24, 2.45) is 0 Å². The molecule has 0 saturated heterocycles. The molecule has 0 aromatic heterocycles. The van der Waals surface area contributed by atoms with Crippen LogP contribution in [0.5, 0.6) is 17.2 Å². The summed E-state index contributed by atoms with van der Waals surface area (Å²) >= 11 is 3.30. The lowest BCUT2D eigenvalue weighted by Gasteiger charge is -2.14. The van der Waals surface area contributed by atoms with E-state index in [2.05, 4.69) is 21.2 Å². The Balaban J connectivity index is 1.88. The van der Waals surface area contributed by atoms with E-state index in [4.69, 9.17) is 13.7 Å². The Bertz CT molecular complexity index is 1440. The Morgan fingerprint density at radius 3 is 2.50 bits per heavy atom. The first-order chi connectivity index (χ1) is 17.2. The summed E-state index contributed by atoms with van der Waals surface area (Å²) in [4.78, 5) is 12.7. The van der Waals surface area contributed by atoms with E-state index < -0.39 is 16.0 Å². The molecule has 1 amide bonds. The average molecular weight is 571 g/mol. The van der Waals surface area contributed by atoms with Gasteiger partial charge in [-0.25, -0.2) is 0 Å². The number of anilines is 1. The van der Waals surface area contributed by atoms with E-state index >= 15 is 0 Å². The van der Waals surface area contributed by atoms with Crippen molar-refractivity contribution in [3.05, 3.63) is 81.8 Å². The first-order valence-corrected chi connectivity index (χ1v) is 12.9. The number of methoxy groups -OCH3 is 1. The zero-order valence-electron chi connectivity index (χ0n) is 19.7. The fourth-order valence-electron chi connectivity index (χ4n) is 3.11. The maximum absolute atomic E-state index is 12.8. The summed E-state index contributed by atoms with van der Waals surface area (Å²) in [6.45, 7) is 4.17. The summed E-state index contributed by atoms with van der Waals surface area (Å²) in [5, 5.41) is 12.2. The summed E-state index contributed by atoms with van der Waals surface area (Å²) in [6, 6.07) is 17.9. The number of carbonyl (C=O) groups excluding carboxylic acids is 1. The van der Waals surface area contributed by atoms with Crippen molar-refractivity contribution in [1.82, 2.24) is 0 Å². The van der Waals surface area contributed by atoms with Crippen LogP contribution in [0.25, 0.3) is 6.08 Å². The molecule has 0 fully saturated rings. The highest BCUT2D eigenvalue weighted by Gasteiger charge is 2.22. The van der Waals surface area contributed by atoms with Gasteiger partial charge in [0.2, 0.25) is 0 Å². The van der Waals surface area contributed by atoms with Gasteiger partial charge in [0.1, 0.15) is 22.3 Å². The molecule has 1 N–H and O–H groups in total. The van der Waals surface area contributed by atoms with Crippen molar-refractivity contribution in [2.75, 3.05) is 19.0 Å². The van der Waals surface area contributed by atoms with Crippen molar-refractivity contribution < 1.29 is 26.9 Å². The Kier molecular flexibility index (Phi) is 8.74. The number of carbonyl (C=O) groups is 1. The van der Waals surface area contributed by atoms with Crippen LogP contribution in [-0.4, -0.2) is 28.0 Å². The molecule has 0 bridgehead atoms. The number of hydrogen-bond acceptors (Lipinski definition) is 7. The number of aryl methyl sites for hydroxylation is 1. The Morgan fingerprint density at radius 2 is 1.86 bits per heavy atom. The van der Waals surface area contributed by atoms with Crippen LogP contribution >= 0.6 is 15.9 Å². The Labute approximate surface area is 218 Å². The molecule has 0 unspecified atom stereocenters. The van der Waals surface area contributed by atoms with Gasteiger partial charge < -0.3 is 19.0 Å². The Morgan fingerprint density at radius 1 is 1.14 bits per heavy atom. The third kappa shape index (κ3) is 6.65. The van der Waals surface area contributed by atoms with Gasteiger partial charge in [0.15, 0.2) is 11.5 Å². The summed E-state index contributed by atoms with van der Waals surface area (Å²) in [5.41, 5.74) is 1.61. The third-order valence-corrected chi connectivity index (χ3v) is 6.66. The normalized spacial score (nSPS) is 11.4. The molecule has 8 nitrogen and oxygen atoms in total. The van der Waals surface area contributed by atoms with Gasteiger partial charge in [-0.15, -0.1) is 0 Å². The number of nitriles is 1. The minimum absolute atomic E-state index is 0.0112. The number of halogens is 1. The summed E-state index contributed by atoms with van der Waals surface area (Å²) < 4.78 is 41.9. The van der Waals surface area contributed by atoms with Gasteiger partial charge in [-0.05, 0) is 77.8 Å². The highest BCUT2D eigenvalue weighted by molar-refractivity contribution is 9.10. The van der Waals surface area contributed by atoms with E-state index in [0.29, 0.717) is 23.6 Å². The predicted molar refractivity (Wildman–Crippen MR) is 140 cm³/mol. The second-order valence-electron chi connectivity index (χ2n) is 7.47. The first-order valence-electron chi connectivity index (χ1n) is 10.7. The second kappa shape index (κ2) is 11.7. The molecule has 3 aromatic carbocycles. The average Bonchev–Trinajstić information content (AvgIpc) is 2.84. The lowest BCUT2D eigenvalue weighted by Crippen LogP contribution is -2.13. The van der Waals surface area contributed by atoms with Gasteiger partial charge in [0.25, 0.3) is 5.91 Å². The van der Waals surface area contributed by atoms with Crippen LogP contribution in [0, 0.1) is 18.3 Å². The number of nitrogens with one attached hydrogen (secondary N) is 1. The molecule has 0 aliphatic heterocycles. The molecule has 0 saturated carbocycles. The second-order valence-corrected chi connectivity index (χ2v) is 9.87. The van der Waals surface area contributed by atoms with Crippen LogP contribution in [0.1, 0.15) is 18.1 Å². The van der Waals surface area contributed by atoms with Crippen LogP contribution in [0.4, 0.5) is 5.69 Å². The molecule has 0 aliphatic rings. The molecule has 0 heterocycles. The van der Waals surface area contributed by atoms with Crippen LogP contribution in [-0.2, 0) is 14.9 Å². The van der Waals surface area contributed by atoms with Crippen molar-refractivity contribution in [3.8, 4) is 23.3 Å². The molecule has 36 heavy (non-hydrogen) atoms. The zero-order valence-corrected chi connectivity index (χ0v) is 22.1. The number of ether oxygens (including phenoxy) is 2. The minimum Gasteiger partial charge on any atom is -0.494 e. The zero-order chi connectivity index (χ0) is 26.3. The molecule has 186 valence electrons. The quantitative estimate of drug-likeness (QED) is 0.206. The fourth-order valence-corrected chi connectivity index (χ4v) is 4.72. The molecule has 0 atom stereocenters. The van der Waals surface area contributed by atoms with E-state index in [0.717, 1.165) is 5.56 Å². The van der Waals surface area contributed by atoms with Crippen molar-refractivity contribution >= 4 is 43.7 Å². The van der Waals surface area contributed by atoms with Gasteiger partial charge >= 0.3 is 10.1 Å². The van der Waals surface area contributed by atoms with E-state index in [1.165, 1.54) is 37.5 Å². The molecule has 3 aromatic rings. The minimum atomic E-state index is -4.13. The van der Waals surface area contributed by atoms with Crippen LogP contribution in [0.2, 0.25) is 0 Å². The van der Waals surface area contributed by atoms with E-state index in [1.54, 1.807) is 36.4 Å². The topological polar surface area (TPSA) is 115 Å². The molecular formula is C26H23BrN2O6S. The van der Waals surface area contributed by atoms with Crippen LogP contribution < -0.4 is 19.0 Å². The first kappa shape index (κ1) is 26.8. The maximum atomic E-state index is 12.8. The largest absolute Gasteiger partial charge is 0.494 e. The molecule has 3 rings (SSSR count). The monoisotopic (exact) mass is 570 g/mol. The van der Waals surface area contributed by atoms with Crippen LogP contribution in [0.15, 0.2) is 75.6 Å². The smallest absolute Gasteiger partial charge is 0.339 e. The number of benzene rings is 3. The number of nitrogens with zero attached hydrogens (tertiary/aromatic N) is 1. The molecule has 0 aliphatic carbocycles. The van der Waals surface area contributed by atoms with Gasteiger partial charge in [0, 0.05) is 11.8 Å². The molecular weight excluding hydrogens is 548 g/mol. The van der Waals surface area contributed by atoms with Gasteiger partial charge in [-0.1, -0.05) is 23.8 Å². The van der Waals surface area contributed by atoms with Gasteiger partial charge in [0.05, 0.1) is 18.2 Å². The number of amides is 1. The lowest BCUT2D eigenvalue weighted by molar-refractivity contribution is -0.112. The SMILES string of the molecule is CCOc1cccc(NC(=O)/C(C#N)=C/c2cc(Br)c(OS(=O)(=O)c3ccc(C)cc3)c(OC)c2)c1. The van der Waals surface area contributed by atoms with Crippen molar-refractivity contribution in [1.29, 1.82) is 5.26 Å². The fraction of sp³-hybridized carbons (Fsp3) is 0.154. The Hall–Kier alpha value is -3.81.